The van der Waals surface area contributed by atoms with Crippen molar-refractivity contribution in [3.63, 3.8) is 0 Å². The molecule has 0 fully saturated rings. The Kier molecular flexibility index (Phi) is 3.43. The third-order valence-corrected chi connectivity index (χ3v) is 4.20. The number of nitrogens with zero attached hydrogens (tertiary/aromatic N) is 1. The van der Waals surface area contributed by atoms with Gasteiger partial charge in [-0.2, -0.15) is 0 Å². The molecule has 0 spiro atoms. The van der Waals surface area contributed by atoms with Gasteiger partial charge in [0.1, 0.15) is 11.6 Å². The molecule has 1 aliphatic rings. The first-order valence-electron chi connectivity index (χ1n) is 7.84. The number of nitrogens with one attached hydrogen (secondary N) is 2. The normalized spacial score (nSPS) is 12.8. The van der Waals surface area contributed by atoms with Crippen molar-refractivity contribution in [1.82, 2.24) is 4.98 Å². The van der Waals surface area contributed by atoms with Crippen LogP contribution in [0.4, 0.5) is 17.3 Å². The van der Waals surface area contributed by atoms with E-state index in [1.807, 2.05) is 31.2 Å². The van der Waals surface area contributed by atoms with Gasteiger partial charge in [-0.1, -0.05) is 18.2 Å². The van der Waals surface area contributed by atoms with Crippen LogP contribution in [0.2, 0.25) is 0 Å². The highest BCUT2D eigenvalue weighted by Gasteiger charge is 2.32. The molecule has 4 rings (SSSR count). The van der Waals surface area contributed by atoms with E-state index in [9.17, 15) is 19.5 Å². The van der Waals surface area contributed by atoms with Crippen molar-refractivity contribution in [2.45, 2.75) is 6.92 Å². The number of anilines is 3. The predicted molar refractivity (Wildman–Crippen MR) is 96.1 cm³/mol. The molecular formula is C19H13N3O4. The van der Waals surface area contributed by atoms with E-state index in [2.05, 4.69) is 15.6 Å². The third kappa shape index (κ3) is 2.46. The highest BCUT2D eigenvalue weighted by molar-refractivity contribution is 6.53. The number of carbonyl (C=O) groups excluding carboxylic acids is 2. The summed E-state index contributed by atoms with van der Waals surface area (Å²) in [4.78, 5) is 39.6. The molecule has 0 atom stereocenters. The van der Waals surface area contributed by atoms with E-state index < -0.39 is 17.7 Å². The molecule has 26 heavy (non-hydrogen) atoms. The second-order valence-electron chi connectivity index (χ2n) is 6.03. The largest absolute Gasteiger partial charge is 0.478 e. The van der Waals surface area contributed by atoms with Gasteiger partial charge in [0, 0.05) is 16.5 Å². The van der Waals surface area contributed by atoms with Gasteiger partial charge >= 0.3 is 5.97 Å². The Hall–Kier alpha value is -3.74. The molecule has 0 saturated heterocycles. The number of rotatable bonds is 3. The summed E-state index contributed by atoms with van der Waals surface area (Å²) in [6.45, 7) is 1.95. The smallest absolute Gasteiger partial charge is 0.335 e. The van der Waals surface area contributed by atoms with E-state index in [4.69, 9.17) is 0 Å². The van der Waals surface area contributed by atoms with Crippen molar-refractivity contribution in [2.24, 2.45) is 0 Å². The van der Waals surface area contributed by atoms with Gasteiger partial charge in [-0.05, 0) is 36.8 Å². The molecule has 1 aromatic heterocycles. The van der Waals surface area contributed by atoms with Crippen LogP contribution in [0.25, 0.3) is 10.8 Å². The fraction of sp³-hybridized carbons (Fsp3) is 0.0526. The number of carbonyl (C=O) groups is 3. The lowest BCUT2D eigenvalue weighted by atomic mass is 10.0. The quantitative estimate of drug-likeness (QED) is 0.628. The number of ketones is 1. The number of pyridine rings is 1. The van der Waals surface area contributed by atoms with Gasteiger partial charge in [-0.25, -0.2) is 9.78 Å². The molecule has 3 N–H and O–H groups in total. The average Bonchev–Trinajstić information content (AvgIpc) is 2.89. The van der Waals surface area contributed by atoms with Gasteiger partial charge in [0.2, 0.25) is 0 Å². The van der Waals surface area contributed by atoms with Crippen LogP contribution in [0.15, 0.2) is 42.5 Å². The Bertz CT molecular complexity index is 1120. The minimum atomic E-state index is -1.09. The summed E-state index contributed by atoms with van der Waals surface area (Å²) in [5, 5.41) is 15.8. The Morgan fingerprint density at radius 2 is 1.92 bits per heavy atom. The van der Waals surface area contributed by atoms with Crippen molar-refractivity contribution in [2.75, 3.05) is 10.6 Å². The molecule has 3 aromatic rings. The Balaban J connectivity index is 1.96. The molecule has 2 heterocycles. The van der Waals surface area contributed by atoms with Crippen molar-refractivity contribution >= 4 is 45.8 Å². The second-order valence-corrected chi connectivity index (χ2v) is 6.03. The SMILES string of the molecule is Cc1cccc(Nc2nc3c(c4ccc(C(=O)O)cc24)C(=O)C(=O)N3)c1. The van der Waals surface area contributed by atoms with Crippen molar-refractivity contribution in [1.29, 1.82) is 0 Å². The van der Waals surface area contributed by atoms with E-state index >= 15 is 0 Å². The fourth-order valence-corrected chi connectivity index (χ4v) is 3.00. The summed E-state index contributed by atoms with van der Waals surface area (Å²) in [6.07, 6.45) is 0. The standard InChI is InChI=1S/C19H13N3O4/c1-9-3-2-4-11(7-9)20-16-13-8-10(19(25)26)5-6-12(13)14-15(23)18(24)22-17(14)21-16/h2-8H,1H3,(H,25,26)(H2,20,21,22,23,24). The van der Waals surface area contributed by atoms with Crippen LogP contribution < -0.4 is 10.6 Å². The van der Waals surface area contributed by atoms with Gasteiger partial charge in [-0.15, -0.1) is 0 Å². The van der Waals surface area contributed by atoms with Crippen LogP contribution >= 0.6 is 0 Å². The van der Waals surface area contributed by atoms with Crippen LogP contribution in [0.1, 0.15) is 26.3 Å². The zero-order chi connectivity index (χ0) is 18.4. The number of hydrogen-bond acceptors (Lipinski definition) is 5. The van der Waals surface area contributed by atoms with Gasteiger partial charge < -0.3 is 15.7 Å². The second kappa shape index (κ2) is 5.66. The molecule has 1 aliphatic heterocycles. The van der Waals surface area contributed by atoms with Gasteiger partial charge in [0.15, 0.2) is 0 Å². The maximum atomic E-state index is 12.2. The number of aromatic nitrogens is 1. The lowest BCUT2D eigenvalue weighted by Crippen LogP contribution is -2.12. The lowest BCUT2D eigenvalue weighted by molar-refractivity contribution is -0.112. The van der Waals surface area contributed by atoms with E-state index in [1.54, 1.807) is 0 Å². The molecule has 2 aromatic carbocycles. The maximum Gasteiger partial charge on any atom is 0.335 e. The number of aryl methyl sites for hydroxylation is 1. The number of hydrogen-bond donors (Lipinski definition) is 3. The first kappa shape index (κ1) is 15.8. The fourth-order valence-electron chi connectivity index (χ4n) is 3.00. The van der Waals surface area contributed by atoms with E-state index in [-0.39, 0.29) is 16.9 Å². The molecule has 7 nitrogen and oxygen atoms in total. The zero-order valence-corrected chi connectivity index (χ0v) is 13.7. The average molecular weight is 347 g/mol. The summed E-state index contributed by atoms with van der Waals surface area (Å²) < 4.78 is 0. The van der Waals surface area contributed by atoms with E-state index in [0.717, 1.165) is 11.3 Å². The topological polar surface area (TPSA) is 108 Å². The minimum Gasteiger partial charge on any atom is -0.478 e. The summed E-state index contributed by atoms with van der Waals surface area (Å²) in [7, 11) is 0. The van der Waals surface area contributed by atoms with Crippen molar-refractivity contribution in [3.8, 4) is 0 Å². The highest BCUT2D eigenvalue weighted by Crippen LogP contribution is 2.35. The number of carboxylic acids is 1. The lowest BCUT2D eigenvalue weighted by Gasteiger charge is -2.12. The van der Waals surface area contributed by atoms with Crippen LogP contribution in [-0.4, -0.2) is 27.8 Å². The summed E-state index contributed by atoms with van der Waals surface area (Å²) in [5.74, 6) is -1.98. The summed E-state index contributed by atoms with van der Waals surface area (Å²) in [6, 6.07) is 11.9. The number of aromatic carboxylic acids is 1. The third-order valence-electron chi connectivity index (χ3n) is 4.20. The van der Waals surface area contributed by atoms with E-state index in [0.29, 0.717) is 16.6 Å². The Morgan fingerprint density at radius 1 is 1.12 bits per heavy atom. The molecule has 1 amide bonds. The van der Waals surface area contributed by atoms with E-state index in [1.165, 1.54) is 18.2 Å². The Morgan fingerprint density at radius 3 is 2.65 bits per heavy atom. The van der Waals surface area contributed by atoms with Crippen LogP contribution in [0.5, 0.6) is 0 Å². The zero-order valence-electron chi connectivity index (χ0n) is 13.7. The summed E-state index contributed by atoms with van der Waals surface area (Å²) in [5.41, 5.74) is 2.03. The molecule has 0 aliphatic carbocycles. The molecule has 7 heteroatoms. The highest BCUT2D eigenvalue weighted by atomic mass is 16.4. The number of benzene rings is 2. The van der Waals surface area contributed by atoms with Gasteiger partial charge in [0.05, 0.1) is 11.1 Å². The predicted octanol–water partition coefficient (Wildman–Crippen LogP) is 3.12. The van der Waals surface area contributed by atoms with Crippen molar-refractivity contribution < 1.29 is 19.5 Å². The van der Waals surface area contributed by atoms with Gasteiger partial charge in [-0.3, -0.25) is 9.59 Å². The Labute approximate surface area is 147 Å². The minimum absolute atomic E-state index is 0.0660. The number of Topliss-reactive ketones (excluding diaryl/α,β-unsaturated/α-hetero) is 1. The number of fused-ring (bicyclic) bond motifs is 3. The molecule has 0 saturated carbocycles. The molecular weight excluding hydrogens is 334 g/mol. The molecule has 0 unspecified atom stereocenters. The van der Waals surface area contributed by atoms with Crippen LogP contribution in [0, 0.1) is 6.92 Å². The van der Waals surface area contributed by atoms with Crippen LogP contribution in [-0.2, 0) is 4.79 Å². The van der Waals surface area contributed by atoms with Crippen molar-refractivity contribution in [3.05, 3.63) is 59.2 Å². The molecule has 0 radical (unpaired) electrons. The molecule has 128 valence electrons. The first-order chi connectivity index (χ1) is 12.4. The van der Waals surface area contributed by atoms with Gasteiger partial charge in [0.25, 0.3) is 11.7 Å². The summed E-state index contributed by atoms with van der Waals surface area (Å²) >= 11 is 0. The number of amides is 1. The molecule has 0 bridgehead atoms. The van der Waals surface area contributed by atoms with Crippen LogP contribution in [0.3, 0.4) is 0 Å². The number of carboxylic acid groups (broad SMARTS) is 1. The monoisotopic (exact) mass is 347 g/mol. The maximum absolute atomic E-state index is 12.2. The first-order valence-corrected chi connectivity index (χ1v) is 7.84.